The van der Waals surface area contributed by atoms with E-state index in [4.69, 9.17) is 4.74 Å². The van der Waals surface area contributed by atoms with Gasteiger partial charge < -0.3 is 10.1 Å². The minimum atomic E-state index is -0.467. The van der Waals surface area contributed by atoms with Crippen molar-refractivity contribution in [2.45, 2.75) is 25.4 Å². The summed E-state index contributed by atoms with van der Waals surface area (Å²) in [6.45, 7) is 3.96. The average molecular weight is 266 g/mol. The van der Waals surface area contributed by atoms with Gasteiger partial charge in [-0.1, -0.05) is 29.8 Å². The van der Waals surface area contributed by atoms with E-state index >= 15 is 0 Å². The zero-order valence-electron chi connectivity index (χ0n) is 10.7. The number of hydrogen-bond acceptors (Lipinski definition) is 3. The van der Waals surface area contributed by atoms with Gasteiger partial charge in [0.15, 0.2) is 5.60 Å². The highest BCUT2D eigenvalue weighted by molar-refractivity contribution is 7.81. The summed E-state index contributed by atoms with van der Waals surface area (Å²) in [5.41, 5.74) is 1.85. The van der Waals surface area contributed by atoms with E-state index in [1.54, 1.807) is 0 Å². The van der Waals surface area contributed by atoms with Gasteiger partial charge in [0, 0.05) is 18.4 Å². The molecule has 1 aromatic carbocycles. The Morgan fingerprint density at radius 2 is 2.17 bits per heavy atom. The van der Waals surface area contributed by atoms with Crippen LogP contribution in [-0.4, -0.2) is 24.8 Å². The number of ether oxygens (including phenoxy) is 1. The smallest absolute Gasteiger partial charge is 0.316 e. The fraction of sp³-hybridized carbons (Fsp3) is 0.500. The van der Waals surface area contributed by atoms with Crippen LogP contribution in [0.15, 0.2) is 24.3 Å². The SMILES string of the molecule is Cc1ccc(C2(OC(=O)CS)CCC[NH2+]C2)cc1. The molecular formula is C14H20NO2S+. The molecule has 1 fully saturated rings. The second-order valence-corrected chi connectivity index (χ2v) is 5.19. The van der Waals surface area contributed by atoms with E-state index in [0.29, 0.717) is 0 Å². The lowest BCUT2D eigenvalue weighted by molar-refractivity contribution is -0.678. The number of esters is 1. The number of rotatable bonds is 3. The van der Waals surface area contributed by atoms with Gasteiger partial charge in [0.05, 0.1) is 12.3 Å². The summed E-state index contributed by atoms with van der Waals surface area (Å²) in [5, 5.41) is 2.22. The van der Waals surface area contributed by atoms with Crippen molar-refractivity contribution in [2.24, 2.45) is 0 Å². The number of benzene rings is 1. The summed E-state index contributed by atoms with van der Waals surface area (Å²) in [6, 6.07) is 8.28. The van der Waals surface area contributed by atoms with Gasteiger partial charge in [-0.3, -0.25) is 4.79 Å². The van der Waals surface area contributed by atoms with Crippen molar-refractivity contribution >= 4 is 18.6 Å². The molecule has 0 aliphatic carbocycles. The van der Waals surface area contributed by atoms with Crippen LogP contribution in [0.5, 0.6) is 0 Å². The highest BCUT2D eigenvalue weighted by Crippen LogP contribution is 2.31. The lowest BCUT2D eigenvalue weighted by Gasteiger charge is -2.35. The van der Waals surface area contributed by atoms with Crippen LogP contribution in [0.3, 0.4) is 0 Å². The van der Waals surface area contributed by atoms with Gasteiger partial charge in [0.2, 0.25) is 0 Å². The van der Waals surface area contributed by atoms with E-state index in [2.05, 4.69) is 49.1 Å². The first kappa shape index (κ1) is 13.4. The summed E-state index contributed by atoms with van der Waals surface area (Å²) in [6.07, 6.45) is 1.96. The first-order valence-corrected chi connectivity index (χ1v) is 7.01. The molecule has 1 unspecified atom stereocenters. The molecule has 3 nitrogen and oxygen atoms in total. The number of carbonyl (C=O) groups is 1. The first-order chi connectivity index (χ1) is 8.66. The van der Waals surface area contributed by atoms with E-state index < -0.39 is 5.60 Å². The van der Waals surface area contributed by atoms with E-state index in [-0.39, 0.29) is 11.7 Å². The predicted octanol–water partition coefficient (Wildman–Crippen LogP) is 1.02. The molecule has 2 N–H and O–H groups in total. The van der Waals surface area contributed by atoms with Crippen molar-refractivity contribution in [3.8, 4) is 0 Å². The van der Waals surface area contributed by atoms with Gasteiger partial charge in [-0.15, -0.1) is 0 Å². The van der Waals surface area contributed by atoms with Crippen LogP contribution in [0.25, 0.3) is 0 Å². The van der Waals surface area contributed by atoms with Gasteiger partial charge in [0.25, 0.3) is 0 Å². The van der Waals surface area contributed by atoms with Crippen LogP contribution in [0.4, 0.5) is 0 Å². The molecule has 4 heteroatoms. The van der Waals surface area contributed by atoms with Crippen LogP contribution in [0.1, 0.15) is 24.0 Å². The minimum absolute atomic E-state index is 0.133. The molecule has 0 radical (unpaired) electrons. The van der Waals surface area contributed by atoms with Gasteiger partial charge in [-0.05, 0) is 6.92 Å². The van der Waals surface area contributed by atoms with E-state index in [0.717, 1.165) is 31.5 Å². The number of hydrogen-bond donors (Lipinski definition) is 2. The van der Waals surface area contributed by atoms with E-state index in [1.165, 1.54) is 5.56 Å². The summed E-state index contributed by atoms with van der Waals surface area (Å²) >= 11 is 4.00. The topological polar surface area (TPSA) is 42.9 Å². The number of thiol groups is 1. The number of piperidine rings is 1. The molecule has 0 bridgehead atoms. The second-order valence-electron chi connectivity index (χ2n) is 4.88. The fourth-order valence-corrected chi connectivity index (χ4v) is 2.56. The molecule has 2 rings (SSSR count). The standard InChI is InChI=1S/C14H19NO2S/c1-11-3-5-12(6-4-11)14(17-13(16)9-18)7-2-8-15-10-14/h3-6,15,18H,2,7-10H2,1H3/p+1. The van der Waals surface area contributed by atoms with Crippen molar-refractivity contribution in [3.63, 3.8) is 0 Å². The quantitative estimate of drug-likeness (QED) is 0.634. The Labute approximate surface area is 113 Å². The molecule has 1 aromatic rings. The minimum Gasteiger partial charge on any atom is -0.447 e. The zero-order valence-corrected chi connectivity index (χ0v) is 11.6. The monoisotopic (exact) mass is 266 g/mol. The normalized spacial score (nSPS) is 23.7. The van der Waals surface area contributed by atoms with Crippen LogP contribution < -0.4 is 5.32 Å². The summed E-state index contributed by atoms with van der Waals surface area (Å²) in [5.74, 6) is -0.109. The van der Waals surface area contributed by atoms with Crippen molar-refractivity contribution in [3.05, 3.63) is 35.4 Å². The molecule has 1 atom stereocenters. The maximum absolute atomic E-state index is 11.6. The Hall–Kier alpha value is -1.00. The van der Waals surface area contributed by atoms with Crippen molar-refractivity contribution in [1.29, 1.82) is 0 Å². The fourth-order valence-electron chi connectivity index (χ4n) is 2.49. The van der Waals surface area contributed by atoms with Gasteiger partial charge in [0.1, 0.15) is 6.54 Å². The van der Waals surface area contributed by atoms with Gasteiger partial charge in [-0.2, -0.15) is 12.6 Å². The third-order valence-corrected chi connectivity index (χ3v) is 3.74. The largest absolute Gasteiger partial charge is 0.447 e. The maximum Gasteiger partial charge on any atom is 0.316 e. The molecule has 0 amide bonds. The Kier molecular flexibility index (Phi) is 4.30. The molecule has 1 aliphatic heterocycles. The molecule has 0 aromatic heterocycles. The molecule has 98 valence electrons. The molecule has 1 aliphatic rings. The Bertz CT molecular complexity index is 410. The average Bonchev–Trinajstić information content (AvgIpc) is 2.40. The number of quaternary nitrogens is 1. The molecule has 1 saturated heterocycles. The number of aryl methyl sites for hydroxylation is 1. The molecule has 18 heavy (non-hydrogen) atoms. The van der Waals surface area contributed by atoms with Gasteiger partial charge in [-0.25, -0.2) is 0 Å². The maximum atomic E-state index is 11.6. The predicted molar refractivity (Wildman–Crippen MR) is 73.7 cm³/mol. The zero-order chi connectivity index (χ0) is 13.0. The molecule has 0 spiro atoms. The number of nitrogens with two attached hydrogens (primary N) is 1. The highest BCUT2D eigenvalue weighted by atomic mass is 32.1. The van der Waals surface area contributed by atoms with Crippen LogP contribution >= 0.6 is 12.6 Å². The van der Waals surface area contributed by atoms with Crippen LogP contribution in [0.2, 0.25) is 0 Å². The summed E-state index contributed by atoms with van der Waals surface area (Å²) in [4.78, 5) is 11.6. The van der Waals surface area contributed by atoms with Crippen molar-refractivity contribution in [2.75, 3.05) is 18.8 Å². The van der Waals surface area contributed by atoms with Crippen LogP contribution in [0, 0.1) is 6.92 Å². The molecule has 0 saturated carbocycles. The van der Waals surface area contributed by atoms with Crippen molar-refractivity contribution in [1.82, 2.24) is 0 Å². The Morgan fingerprint density at radius 3 is 2.72 bits per heavy atom. The highest BCUT2D eigenvalue weighted by Gasteiger charge is 2.40. The van der Waals surface area contributed by atoms with E-state index in [9.17, 15) is 4.79 Å². The third-order valence-electron chi connectivity index (χ3n) is 3.48. The first-order valence-electron chi connectivity index (χ1n) is 6.38. The summed E-state index contributed by atoms with van der Waals surface area (Å²) < 4.78 is 5.71. The molecule has 1 heterocycles. The Balaban J connectivity index is 2.28. The Morgan fingerprint density at radius 1 is 1.44 bits per heavy atom. The van der Waals surface area contributed by atoms with Crippen molar-refractivity contribution < 1.29 is 14.8 Å². The van der Waals surface area contributed by atoms with Gasteiger partial charge >= 0.3 is 5.97 Å². The van der Waals surface area contributed by atoms with Crippen LogP contribution in [-0.2, 0) is 15.1 Å². The number of carbonyl (C=O) groups excluding carboxylic acids is 1. The molecular weight excluding hydrogens is 246 g/mol. The second kappa shape index (κ2) is 5.76. The third kappa shape index (κ3) is 2.87. The van der Waals surface area contributed by atoms with E-state index in [1.807, 2.05) is 0 Å². The lowest BCUT2D eigenvalue weighted by atomic mass is 9.86. The summed E-state index contributed by atoms with van der Waals surface area (Å²) in [7, 11) is 0. The lowest BCUT2D eigenvalue weighted by Crippen LogP contribution is -2.90.